The first-order chi connectivity index (χ1) is 15.2. The summed E-state index contributed by atoms with van der Waals surface area (Å²) in [6.45, 7) is 4.60. The minimum absolute atomic E-state index is 0.597. The topological polar surface area (TPSA) is 60.3 Å². The lowest BCUT2D eigenvalue weighted by molar-refractivity contribution is 0.0342. The Bertz CT molecular complexity index is 1210. The number of aromatic nitrogens is 3. The van der Waals surface area contributed by atoms with Crippen LogP contribution in [0.2, 0.25) is 0 Å². The molecule has 5 rings (SSSR count). The predicted octanol–water partition coefficient (Wildman–Crippen LogP) is 3.95. The van der Waals surface area contributed by atoms with Crippen LogP contribution in [0.25, 0.3) is 33.3 Å². The quantitative estimate of drug-likeness (QED) is 0.465. The van der Waals surface area contributed by atoms with Gasteiger partial charge in [0.05, 0.1) is 18.7 Å². The van der Waals surface area contributed by atoms with Gasteiger partial charge in [-0.25, -0.2) is 4.68 Å². The number of aldehydes is 1. The highest BCUT2D eigenvalue weighted by Gasteiger charge is 2.12. The molecule has 2 heterocycles. The van der Waals surface area contributed by atoms with Crippen molar-refractivity contribution in [1.82, 2.24) is 19.9 Å². The molecule has 0 N–H and O–H groups in total. The van der Waals surface area contributed by atoms with Gasteiger partial charge in [-0.1, -0.05) is 53.7 Å². The highest BCUT2D eigenvalue weighted by molar-refractivity contribution is 5.97. The van der Waals surface area contributed by atoms with Gasteiger partial charge in [0.2, 0.25) is 0 Å². The zero-order valence-corrected chi connectivity index (χ0v) is 17.5. The molecule has 0 spiro atoms. The first-order valence-corrected chi connectivity index (χ1v) is 10.5. The maximum atomic E-state index is 11.6. The third-order valence-electron chi connectivity index (χ3n) is 5.87. The van der Waals surface area contributed by atoms with Crippen LogP contribution in [0.3, 0.4) is 0 Å². The minimum Gasteiger partial charge on any atom is -0.379 e. The van der Waals surface area contributed by atoms with Crippen molar-refractivity contribution >= 4 is 17.3 Å². The number of benzene rings is 3. The summed E-state index contributed by atoms with van der Waals surface area (Å²) < 4.78 is 7.06. The van der Waals surface area contributed by atoms with E-state index in [2.05, 4.69) is 63.7 Å². The van der Waals surface area contributed by atoms with E-state index in [-0.39, 0.29) is 0 Å². The average molecular weight is 412 g/mol. The van der Waals surface area contributed by atoms with Crippen molar-refractivity contribution in [3.05, 3.63) is 71.8 Å². The Kier molecular flexibility index (Phi) is 5.32. The molecule has 6 nitrogen and oxygen atoms in total. The van der Waals surface area contributed by atoms with E-state index in [1.165, 1.54) is 11.1 Å². The van der Waals surface area contributed by atoms with Gasteiger partial charge in [-0.3, -0.25) is 9.69 Å². The number of hydrogen-bond donors (Lipinski definition) is 0. The van der Waals surface area contributed by atoms with Gasteiger partial charge in [0.25, 0.3) is 0 Å². The van der Waals surface area contributed by atoms with E-state index in [1.54, 1.807) is 11.7 Å². The standard InChI is InChI=1S/C25H24N4O2/c1-28-25-23(17-30)14-22(15-24(25)26-27-28)21-8-6-20(7-9-21)19-4-2-18(3-5-19)16-29-10-12-31-13-11-29/h2-9,14-15,17H,10-13,16H2,1H3. The molecule has 0 aliphatic carbocycles. The van der Waals surface area contributed by atoms with Crippen LogP contribution in [0.1, 0.15) is 15.9 Å². The van der Waals surface area contributed by atoms with Crippen molar-refractivity contribution in [2.24, 2.45) is 7.05 Å². The van der Waals surface area contributed by atoms with Crippen LogP contribution in [0, 0.1) is 0 Å². The smallest absolute Gasteiger partial charge is 0.152 e. The number of carbonyl (C=O) groups excluding carboxylic acids is 1. The number of ether oxygens (including phenoxy) is 1. The molecule has 1 saturated heterocycles. The lowest BCUT2D eigenvalue weighted by Gasteiger charge is -2.26. The summed E-state index contributed by atoms with van der Waals surface area (Å²) in [5.74, 6) is 0. The van der Waals surface area contributed by atoms with Crippen molar-refractivity contribution in [2.45, 2.75) is 6.54 Å². The number of fused-ring (bicyclic) bond motifs is 1. The molecular weight excluding hydrogens is 388 g/mol. The predicted molar refractivity (Wildman–Crippen MR) is 121 cm³/mol. The van der Waals surface area contributed by atoms with Crippen LogP contribution >= 0.6 is 0 Å². The van der Waals surface area contributed by atoms with Gasteiger partial charge in [-0.15, -0.1) is 5.10 Å². The first-order valence-electron chi connectivity index (χ1n) is 10.5. The molecule has 0 radical (unpaired) electrons. The number of nitrogens with zero attached hydrogens (tertiary/aromatic N) is 4. The highest BCUT2D eigenvalue weighted by atomic mass is 16.5. The van der Waals surface area contributed by atoms with E-state index in [0.29, 0.717) is 5.56 Å². The molecule has 156 valence electrons. The summed E-state index contributed by atoms with van der Waals surface area (Å²) in [6, 6.07) is 21.1. The Balaban J connectivity index is 1.36. The van der Waals surface area contributed by atoms with E-state index in [4.69, 9.17) is 4.74 Å². The van der Waals surface area contributed by atoms with Gasteiger partial charge >= 0.3 is 0 Å². The van der Waals surface area contributed by atoms with Crippen molar-refractivity contribution in [2.75, 3.05) is 26.3 Å². The maximum Gasteiger partial charge on any atom is 0.152 e. The second-order valence-electron chi connectivity index (χ2n) is 7.93. The Hall–Kier alpha value is -3.35. The summed E-state index contributed by atoms with van der Waals surface area (Å²) in [5, 5.41) is 8.21. The Morgan fingerprint density at radius 2 is 1.52 bits per heavy atom. The van der Waals surface area contributed by atoms with Crippen LogP contribution in [0.4, 0.5) is 0 Å². The summed E-state index contributed by atoms with van der Waals surface area (Å²) >= 11 is 0. The zero-order valence-electron chi connectivity index (χ0n) is 17.5. The monoisotopic (exact) mass is 412 g/mol. The fourth-order valence-corrected chi connectivity index (χ4v) is 4.16. The molecule has 1 fully saturated rings. The van der Waals surface area contributed by atoms with Gasteiger partial charge in [0.1, 0.15) is 5.52 Å². The SMILES string of the molecule is Cn1nnc2cc(-c3ccc(-c4ccc(CN5CCOCC5)cc4)cc3)cc(C=O)c21. The van der Waals surface area contributed by atoms with Crippen molar-refractivity contribution in [3.8, 4) is 22.3 Å². The minimum atomic E-state index is 0.597. The fraction of sp³-hybridized carbons (Fsp3) is 0.240. The number of hydrogen-bond acceptors (Lipinski definition) is 5. The lowest BCUT2D eigenvalue weighted by Crippen LogP contribution is -2.35. The molecule has 0 atom stereocenters. The second-order valence-corrected chi connectivity index (χ2v) is 7.93. The summed E-state index contributed by atoms with van der Waals surface area (Å²) in [5.41, 5.74) is 7.76. The molecule has 3 aromatic carbocycles. The molecule has 0 amide bonds. The highest BCUT2D eigenvalue weighted by Crippen LogP contribution is 2.28. The van der Waals surface area contributed by atoms with Crippen molar-refractivity contribution in [3.63, 3.8) is 0 Å². The van der Waals surface area contributed by atoms with E-state index < -0.39 is 0 Å². The summed E-state index contributed by atoms with van der Waals surface area (Å²) in [7, 11) is 1.79. The molecule has 0 bridgehead atoms. The van der Waals surface area contributed by atoms with Gasteiger partial charge in [-0.05, 0) is 39.9 Å². The number of rotatable bonds is 5. The van der Waals surface area contributed by atoms with Crippen LogP contribution in [0.15, 0.2) is 60.7 Å². The molecule has 0 saturated carbocycles. The first kappa shape index (κ1) is 19.6. The van der Waals surface area contributed by atoms with E-state index in [9.17, 15) is 4.79 Å². The maximum absolute atomic E-state index is 11.6. The van der Waals surface area contributed by atoms with Crippen LogP contribution in [-0.4, -0.2) is 52.5 Å². The number of aryl methyl sites for hydroxylation is 1. The third-order valence-corrected chi connectivity index (χ3v) is 5.87. The molecule has 0 unspecified atom stereocenters. The van der Waals surface area contributed by atoms with E-state index >= 15 is 0 Å². The Morgan fingerprint density at radius 3 is 2.16 bits per heavy atom. The summed E-state index contributed by atoms with van der Waals surface area (Å²) in [6.07, 6.45) is 0.863. The van der Waals surface area contributed by atoms with Gasteiger partial charge in [-0.2, -0.15) is 0 Å². The van der Waals surface area contributed by atoms with Crippen LogP contribution in [-0.2, 0) is 18.3 Å². The second kappa shape index (κ2) is 8.41. The third kappa shape index (κ3) is 4.00. The summed E-state index contributed by atoms with van der Waals surface area (Å²) in [4.78, 5) is 14.0. The molecule has 1 aromatic heterocycles. The molecule has 6 heteroatoms. The molecule has 1 aliphatic heterocycles. The van der Waals surface area contributed by atoms with Crippen molar-refractivity contribution < 1.29 is 9.53 Å². The molecular formula is C25H24N4O2. The fourth-order valence-electron chi connectivity index (χ4n) is 4.16. The number of carbonyl (C=O) groups is 1. The molecule has 1 aliphatic rings. The zero-order chi connectivity index (χ0) is 21.2. The molecule has 4 aromatic rings. The van der Waals surface area contributed by atoms with Gasteiger partial charge in [0.15, 0.2) is 6.29 Å². The van der Waals surface area contributed by atoms with Crippen LogP contribution in [0.5, 0.6) is 0 Å². The Labute approximate surface area is 181 Å². The Morgan fingerprint density at radius 1 is 0.903 bits per heavy atom. The normalized spacial score (nSPS) is 14.7. The van der Waals surface area contributed by atoms with Gasteiger partial charge < -0.3 is 4.74 Å². The van der Waals surface area contributed by atoms with Crippen LogP contribution < -0.4 is 0 Å². The largest absolute Gasteiger partial charge is 0.379 e. The van der Waals surface area contributed by atoms with Gasteiger partial charge in [0, 0.05) is 32.2 Å². The average Bonchev–Trinajstić information content (AvgIpc) is 3.20. The lowest BCUT2D eigenvalue weighted by atomic mass is 9.98. The van der Waals surface area contributed by atoms with E-state index in [0.717, 1.165) is 66.9 Å². The van der Waals surface area contributed by atoms with Crippen molar-refractivity contribution in [1.29, 1.82) is 0 Å². The van der Waals surface area contributed by atoms with E-state index in [1.807, 2.05) is 12.1 Å². The molecule has 31 heavy (non-hydrogen) atoms. The number of morpholine rings is 1.